The largest absolute Gasteiger partial charge is 0.377 e. The van der Waals surface area contributed by atoms with Crippen molar-refractivity contribution in [3.05, 3.63) is 23.3 Å². The van der Waals surface area contributed by atoms with Gasteiger partial charge in [0.05, 0.1) is 0 Å². The van der Waals surface area contributed by atoms with E-state index in [-0.39, 0.29) is 6.61 Å². The summed E-state index contributed by atoms with van der Waals surface area (Å²) in [7, 11) is 1.48. The van der Waals surface area contributed by atoms with Gasteiger partial charge < -0.3 is 9.53 Å². The summed E-state index contributed by atoms with van der Waals surface area (Å²) >= 11 is 0. The van der Waals surface area contributed by atoms with E-state index in [4.69, 9.17) is 0 Å². The Morgan fingerprint density at radius 2 is 2.29 bits per heavy atom. The molecule has 0 saturated heterocycles. The van der Waals surface area contributed by atoms with E-state index in [2.05, 4.69) is 30.7 Å². The zero-order valence-corrected chi connectivity index (χ0v) is 9.38. The maximum Gasteiger partial charge on any atom is 0.145 e. The molecule has 0 aromatic rings. The Kier molecular flexibility index (Phi) is 8.14. The number of rotatable bonds is 3. The van der Waals surface area contributed by atoms with Gasteiger partial charge in [0.2, 0.25) is 0 Å². The van der Waals surface area contributed by atoms with Gasteiger partial charge in [-0.3, -0.25) is 0 Å². The third-order valence-corrected chi connectivity index (χ3v) is 2.17. The molecule has 0 fully saturated rings. The first-order chi connectivity index (χ1) is 6.76. The summed E-state index contributed by atoms with van der Waals surface area (Å²) in [5, 5.41) is 0. The molecular formula is C12H20O2. The molecule has 0 aromatic carbocycles. The number of ether oxygens (including phenoxy) is 1. The summed E-state index contributed by atoms with van der Waals surface area (Å²) in [6.07, 6.45) is 8.96. The Morgan fingerprint density at radius 3 is 2.57 bits per heavy atom. The van der Waals surface area contributed by atoms with Crippen LogP contribution in [0.15, 0.2) is 23.3 Å². The molecule has 0 spiro atoms. The van der Waals surface area contributed by atoms with Crippen molar-refractivity contribution >= 4 is 6.29 Å². The highest BCUT2D eigenvalue weighted by atomic mass is 16.5. The van der Waals surface area contributed by atoms with Crippen LogP contribution in [0.2, 0.25) is 0 Å². The van der Waals surface area contributed by atoms with Crippen molar-refractivity contribution < 1.29 is 9.53 Å². The van der Waals surface area contributed by atoms with Crippen molar-refractivity contribution in [2.24, 2.45) is 0 Å². The second kappa shape index (κ2) is 8.70. The molecule has 14 heavy (non-hydrogen) atoms. The monoisotopic (exact) mass is 196 g/mol. The van der Waals surface area contributed by atoms with E-state index < -0.39 is 0 Å². The maximum absolute atomic E-state index is 9.28. The van der Waals surface area contributed by atoms with E-state index >= 15 is 0 Å². The minimum Gasteiger partial charge on any atom is -0.377 e. The van der Waals surface area contributed by atoms with E-state index in [1.54, 1.807) is 11.1 Å². The molecule has 0 aromatic heterocycles. The maximum atomic E-state index is 9.28. The average Bonchev–Trinajstić information content (AvgIpc) is 2.21. The average molecular weight is 196 g/mol. The van der Waals surface area contributed by atoms with Gasteiger partial charge in [-0.1, -0.05) is 24.6 Å². The van der Waals surface area contributed by atoms with Crippen LogP contribution in [0.4, 0.5) is 0 Å². The first-order valence-electron chi connectivity index (χ1n) is 5.04. The molecule has 1 aliphatic carbocycles. The zero-order chi connectivity index (χ0) is 10.8. The van der Waals surface area contributed by atoms with Crippen LogP contribution in [0.25, 0.3) is 0 Å². The molecule has 0 heterocycles. The van der Waals surface area contributed by atoms with Crippen molar-refractivity contribution in [3.8, 4) is 0 Å². The van der Waals surface area contributed by atoms with Crippen molar-refractivity contribution in [2.45, 2.75) is 33.1 Å². The van der Waals surface area contributed by atoms with Gasteiger partial charge in [0.25, 0.3) is 0 Å². The lowest BCUT2D eigenvalue weighted by Crippen LogP contribution is -1.89. The minimum absolute atomic E-state index is 0.208. The van der Waals surface area contributed by atoms with Crippen LogP contribution >= 0.6 is 0 Å². The fourth-order valence-corrected chi connectivity index (χ4v) is 1.32. The molecule has 2 nitrogen and oxygen atoms in total. The van der Waals surface area contributed by atoms with Crippen molar-refractivity contribution in [2.75, 3.05) is 13.7 Å². The summed E-state index contributed by atoms with van der Waals surface area (Å²) in [6.45, 7) is 4.66. The Bertz CT molecular complexity index is 214. The summed E-state index contributed by atoms with van der Waals surface area (Å²) in [4.78, 5) is 9.28. The number of allylic oxidation sites excluding steroid dienone is 4. The summed E-state index contributed by atoms with van der Waals surface area (Å²) in [6, 6.07) is 0. The van der Waals surface area contributed by atoms with Crippen LogP contribution in [0.3, 0.4) is 0 Å². The van der Waals surface area contributed by atoms with Crippen LogP contribution in [-0.4, -0.2) is 20.0 Å². The number of hydrogen-bond acceptors (Lipinski definition) is 2. The molecule has 1 aliphatic rings. The topological polar surface area (TPSA) is 26.3 Å². The number of aldehydes is 1. The normalized spacial score (nSPS) is 14.8. The minimum atomic E-state index is 0.208. The lowest BCUT2D eigenvalue weighted by atomic mass is 9.97. The highest BCUT2D eigenvalue weighted by Crippen LogP contribution is 2.19. The van der Waals surface area contributed by atoms with E-state index in [0.29, 0.717) is 6.29 Å². The number of hydrogen-bond donors (Lipinski definition) is 0. The molecule has 80 valence electrons. The predicted octanol–water partition coefficient (Wildman–Crippen LogP) is 2.89. The Balaban J connectivity index is 0.000000292. The van der Waals surface area contributed by atoms with Crippen LogP contribution in [-0.2, 0) is 9.53 Å². The van der Waals surface area contributed by atoms with Crippen molar-refractivity contribution in [3.63, 3.8) is 0 Å². The first-order valence-corrected chi connectivity index (χ1v) is 5.04. The van der Waals surface area contributed by atoms with Gasteiger partial charge in [-0.15, -0.1) is 0 Å². The van der Waals surface area contributed by atoms with Gasteiger partial charge in [-0.05, 0) is 31.8 Å². The highest BCUT2D eigenvalue weighted by molar-refractivity contribution is 5.50. The van der Waals surface area contributed by atoms with Gasteiger partial charge in [0, 0.05) is 7.11 Å². The molecule has 0 radical (unpaired) electrons. The molecule has 0 unspecified atom stereocenters. The highest BCUT2D eigenvalue weighted by Gasteiger charge is 1.99. The van der Waals surface area contributed by atoms with Gasteiger partial charge in [0.15, 0.2) is 0 Å². The van der Waals surface area contributed by atoms with Crippen LogP contribution in [0.1, 0.15) is 33.1 Å². The molecule has 0 atom stereocenters. The van der Waals surface area contributed by atoms with Crippen LogP contribution < -0.4 is 0 Å². The second-order valence-corrected chi connectivity index (χ2v) is 3.22. The molecule has 2 heteroatoms. The summed E-state index contributed by atoms with van der Waals surface area (Å²) < 4.78 is 4.32. The zero-order valence-electron chi connectivity index (χ0n) is 9.38. The fraction of sp³-hybridized carbons (Fsp3) is 0.583. The van der Waals surface area contributed by atoms with Crippen LogP contribution in [0.5, 0.6) is 0 Å². The Morgan fingerprint density at radius 1 is 1.57 bits per heavy atom. The molecule has 1 rings (SSSR count). The molecule has 0 bridgehead atoms. The van der Waals surface area contributed by atoms with E-state index in [1.165, 1.54) is 26.4 Å². The van der Waals surface area contributed by atoms with Gasteiger partial charge in [0.1, 0.15) is 12.9 Å². The molecule has 0 N–H and O–H groups in total. The Labute approximate surface area is 86.6 Å². The van der Waals surface area contributed by atoms with Crippen molar-refractivity contribution in [1.29, 1.82) is 0 Å². The van der Waals surface area contributed by atoms with Gasteiger partial charge in [-0.25, -0.2) is 0 Å². The Hall–Kier alpha value is -0.890. The smallest absolute Gasteiger partial charge is 0.145 e. The van der Waals surface area contributed by atoms with E-state index in [1.807, 2.05) is 0 Å². The van der Waals surface area contributed by atoms with Crippen molar-refractivity contribution in [1.82, 2.24) is 0 Å². The lowest BCUT2D eigenvalue weighted by molar-refractivity contribution is -0.110. The second-order valence-electron chi connectivity index (χ2n) is 3.22. The van der Waals surface area contributed by atoms with E-state index in [9.17, 15) is 4.79 Å². The molecule has 0 aliphatic heterocycles. The molecular weight excluding hydrogens is 176 g/mol. The standard InChI is InChI=1S/C9H14.C3H6O2/c1-3-9-7-5-4-6-8(9)2;1-5-3-2-4/h5,7H,3-4,6H2,1-2H3;2H,3H2,1H3. The summed E-state index contributed by atoms with van der Waals surface area (Å²) in [5.41, 5.74) is 3.13. The van der Waals surface area contributed by atoms with Gasteiger partial charge >= 0.3 is 0 Å². The number of methoxy groups -OCH3 is 1. The SMILES string of the molecule is CCC1=C(C)CCC=C1.COCC=O. The molecule has 0 amide bonds. The van der Waals surface area contributed by atoms with Crippen LogP contribution in [0, 0.1) is 0 Å². The van der Waals surface area contributed by atoms with Gasteiger partial charge in [-0.2, -0.15) is 0 Å². The summed E-state index contributed by atoms with van der Waals surface area (Å²) in [5.74, 6) is 0. The fourth-order valence-electron chi connectivity index (χ4n) is 1.32. The third-order valence-electron chi connectivity index (χ3n) is 2.17. The first kappa shape index (κ1) is 13.1. The number of carbonyl (C=O) groups is 1. The number of carbonyl (C=O) groups excluding carboxylic acids is 1. The van der Waals surface area contributed by atoms with E-state index in [0.717, 1.165) is 0 Å². The quantitative estimate of drug-likeness (QED) is 0.649. The third kappa shape index (κ3) is 5.70. The predicted molar refractivity (Wildman–Crippen MR) is 59.3 cm³/mol. The molecule has 0 saturated carbocycles. The lowest BCUT2D eigenvalue weighted by Gasteiger charge is -2.09.